The molecule has 0 aliphatic carbocycles. The van der Waals surface area contributed by atoms with E-state index in [9.17, 15) is 22.8 Å². The lowest BCUT2D eigenvalue weighted by Gasteiger charge is -2.16. The summed E-state index contributed by atoms with van der Waals surface area (Å²) in [6, 6.07) is 3.45. The van der Waals surface area contributed by atoms with Crippen LogP contribution in [0.15, 0.2) is 30.6 Å². The number of halogens is 3. The first kappa shape index (κ1) is 19.1. The number of aromatic nitrogens is 2. The minimum absolute atomic E-state index is 0.0202. The van der Waals surface area contributed by atoms with Gasteiger partial charge in [-0.05, 0) is 37.1 Å². The second-order valence-corrected chi connectivity index (χ2v) is 7.11. The van der Waals surface area contributed by atoms with Crippen molar-refractivity contribution in [2.45, 2.75) is 38.3 Å². The summed E-state index contributed by atoms with van der Waals surface area (Å²) in [6.07, 6.45) is -4.10. The van der Waals surface area contributed by atoms with Crippen molar-refractivity contribution in [3.8, 4) is 11.8 Å². The number of anilines is 1. The molecule has 152 valence electrons. The van der Waals surface area contributed by atoms with Gasteiger partial charge in [-0.1, -0.05) is 6.07 Å². The molecule has 0 saturated carbocycles. The van der Waals surface area contributed by atoms with Crippen molar-refractivity contribution in [1.29, 1.82) is 0 Å². The average Bonchev–Trinajstić information content (AvgIpc) is 3.14. The van der Waals surface area contributed by atoms with Crippen molar-refractivity contribution < 1.29 is 32.2 Å². The number of amides is 3. The van der Waals surface area contributed by atoms with E-state index in [1.54, 1.807) is 13.8 Å². The molecule has 0 spiro atoms. The van der Waals surface area contributed by atoms with Gasteiger partial charge in [-0.25, -0.2) is 19.7 Å². The van der Waals surface area contributed by atoms with E-state index in [4.69, 9.17) is 9.47 Å². The van der Waals surface area contributed by atoms with Gasteiger partial charge in [0.15, 0.2) is 6.10 Å². The van der Waals surface area contributed by atoms with Crippen molar-refractivity contribution in [1.82, 2.24) is 15.3 Å². The second-order valence-electron chi connectivity index (χ2n) is 7.11. The van der Waals surface area contributed by atoms with Gasteiger partial charge in [-0.2, -0.15) is 13.2 Å². The molecule has 2 aromatic rings. The lowest BCUT2D eigenvalue weighted by atomic mass is 10.0. The first-order valence-corrected chi connectivity index (χ1v) is 8.54. The molecule has 1 fully saturated rings. The van der Waals surface area contributed by atoms with Gasteiger partial charge in [0, 0.05) is 0 Å². The van der Waals surface area contributed by atoms with Crippen LogP contribution in [0.25, 0.3) is 0 Å². The number of nitrogens with zero attached hydrogens (tertiary/aromatic N) is 3. The van der Waals surface area contributed by atoms with Crippen LogP contribution in [0.5, 0.6) is 11.8 Å². The van der Waals surface area contributed by atoms with Crippen LogP contribution in [-0.4, -0.2) is 33.6 Å². The first-order valence-electron chi connectivity index (χ1n) is 8.54. The molecule has 1 saturated heterocycles. The number of imide groups is 1. The van der Waals surface area contributed by atoms with Crippen molar-refractivity contribution in [2.75, 3.05) is 4.90 Å². The minimum atomic E-state index is -4.53. The molecule has 2 aliphatic heterocycles. The van der Waals surface area contributed by atoms with Crippen molar-refractivity contribution in [3.05, 3.63) is 41.7 Å². The van der Waals surface area contributed by atoms with E-state index in [0.29, 0.717) is 5.56 Å². The molecule has 1 aromatic carbocycles. The summed E-state index contributed by atoms with van der Waals surface area (Å²) in [5.74, 6) is -0.357. The van der Waals surface area contributed by atoms with E-state index < -0.39 is 29.8 Å². The molecular formula is C18H15F3N4O4. The Bertz CT molecular complexity index is 992. The molecule has 0 bridgehead atoms. The van der Waals surface area contributed by atoms with Crippen LogP contribution in [-0.2, 0) is 16.1 Å². The fourth-order valence-electron chi connectivity index (χ4n) is 3.11. The number of fused-ring (bicyclic) bond motifs is 1. The fourth-order valence-corrected chi connectivity index (χ4v) is 3.11. The largest absolute Gasteiger partial charge is 0.424 e. The number of ether oxygens (including phenoxy) is 2. The third kappa shape index (κ3) is 3.37. The Morgan fingerprint density at radius 1 is 1.24 bits per heavy atom. The molecule has 0 radical (unpaired) electrons. The summed E-state index contributed by atoms with van der Waals surface area (Å²) >= 11 is 0. The zero-order valence-electron chi connectivity index (χ0n) is 15.3. The number of hydrogen-bond donors (Lipinski definition) is 1. The maximum absolute atomic E-state index is 13.1. The van der Waals surface area contributed by atoms with Crippen molar-refractivity contribution in [2.24, 2.45) is 0 Å². The van der Waals surface area contributed by atoms with Crippen LogP contribution >= 0.6 is 0 Å². The predicted molar refractivity (Wildman–Crippen MR) is 92.2 cm³/mol. The summed E-state index contributed by atoms with van der Waals surface area (Å²) in [5, 5.41) is 2.53. The minimum Gasteiger partial charge on any atom is -0.424 e. The third-order valence-electron chi connectivity index (χ3n) is 4.54. The summed E-state index contributed by atoms with van der Waals surface area (Å²) in [5.41, 5.74) is -0.497. The number of carbonyl (C=O) groups excluding carboxylic acids is 2. The zero-order valence-corrected chi connectivity index (χ0v) is 15.3. The highest BCUT2D eigenvalue weighted by molar-refractivity contribution is 6.22. The van der Waals surface area contributed by atoms with Crippen molar-refractivity contribution in [3.63, 3.8) is 0 Å². The van der Waals surface area contributed by atoms with Crippen LogP contribution in [0.2, 0.25) is 0 Å². The maximum Gasteiger partial charge on any atom is 0.418 e. The molecule has 29 heavy (non-hydrogen) atoms. The Labute approximate surface area is 162 Å². The molecular weight excluding hydrogens is 393 g/mol. The van der Waals surface area contributed by atoms with Gasteiger partial charge in [-0.15, -0.1) is 0 Å². The molecule has 1 N–H and O–H groups in total. The van der Waals surface area contributed by atoms with Gasteiger partial charge in [0.25, 0.3) is 5.91 Å². The molecule has 11 heteroatoms. The number of rotatable bonds is 3. The van der Waals surface area contributed by atoms with Gasteiger partial charge < -0.3 is 14.8 Å². The Hall–Kier alpha value is -3.21. The van der Waals surface area contributed by atoms with Gasteiger partial charge in [-0.3, -0.25) is 4.79 Å². The Morgan fingerprint density at radius 3 is 2.52 bits per heavy atom. The van der Waals surface area contributed by atoms with Crippen LogP contribution in [0, 0.1) is 0 Å². The van der Waals surface area contributed by atoms with E-state index in [1.807, 2.05) is 0 Å². The Morgan fingerprint density at radius 2 is 1.93 bits per heavy atom. The zero-order chi connectivity index (χ0) is 21.0. The standard InChI is InChI=1S/C18H15F3N4O4/c1-17(2)14(26)25(16(27)24-17)10-6-22-15(23-7-10)29-11-4-3-9-8-28-13(12(9)5-11)18(19,20)21/h3-7,13H,8H2,1-2H3,(H,24,27)/t13-/m0/s1. The highest BCUT2D eigenvalue weighted by Crippen LogP contribution is 2.43. The smallest absolute Gasteiger partial charge is 0.418 e. The summed E-state index contributed by atoms with van der Waals surface area (Å²) in [4.78, 5) is 33.1. The summed E-state index contributed by atoms with van der Waals surface area (Å²) < 4.78 is 49.4. The monoisotopic (exact) mass is 408 g/mol. The molecule has 3 heterocycles. The van der Waals surface area contributed by atoms with Crippen LogP contribution in [0.1, 0.15) is 31.1 Å². The Kier molecular flexibility index (Phi) is 4.23. The number of alkyl halides is 3. The third-order valence-corrected chi connectivity index (χ3v) is 4.54. The number of benzene rings is 1. The maximum atomic E-state index is 13.1. The van der Waals surface area contributed by atoms with E-state index in [1.165, 1.54) is 30.6 Å². The number of nitrogens with one attached hydrogen (secondary N) is 1. The first-order chi connectivity index (χ1) is 13.6. The average molecular weight is 408 g/mol. The van der Waals surface area contributed by atoms with E-state index >= 15 is 0 Å². The molecule has 2 aliphatic rings. The molecule has 4 rings (SSSR count). The number of urea groups is 1. The summed E-state index contributed by atoms with van der Waals surface area (Å²) in [7, 11) is 0. The van der Waals surface area contributed by atoms with Crippen LogP contribution < -0.4 is 15.0 Å². The highest BCUT2D eigenvalue weighted by atomic mass is 19.4. The van der Waals surface area contributed by atoms with E-state index in [0.717, 1.165) is 4.90 Å². The van der Waals surface area contributed by atoms with E-state index in [2.05, 4.69) is 15.3 Å². The van der Waals surface area contributed by atoms with E-state index in [-0.39, 0.29) is 29.6 Å². The van der Waals surface area contributed by atoms with Gasteiger partial charge in [0.2, 0.25) is 0 Å². The van der Waals surface area contributed by atoms with Gasteiger partial charge >= 0.3 is 18.2 Å². The van der Waals surface area contributed by atoms with Crippen LogP contribution in [0.4, 0.5) is 23.7 Å². The topological polar surface area (TPSA) is 93.7 Å². The highest BCUT2D eigenvalue weighted by Gasteiger charge is 2.46. The number of hydrogen-bond acceptors (Lipinski definition) is 6. The second kappa shape index (κ2) is 6.41. The van der Waals surface area contributed by atoms with Gasteiger partial charge in [0.1, 0.15) is 11.3 Å². The van der Waals surface area contributed by atoms with Crippen LogP contribution in [0.3, 0.4) is 0 Å². The molecule has 1 atom stereocenters. The summed E-state index contributed by atoms with van der Waals surface area (Å²) in [6.45, 7) is 3.00. The predicted octanol–water partition coefficient (Wildman–Crippen LogP) is 3.24. The van der Waals surface area contributed by atoms with Crippen molar-refractivity contribution >= 4 is 17.6 Å². The lowest BCUT2D eigenvalue weighted by Crippen LogP contribution is -2.40. The molecule has 0 unspecified atom stereocenters. The normalized spacial score (nSPS) is 20.6. The Balaban J connectivity index is 1.53. The fraction of sp³-hybridized carbons (Fsp3) is 0.333. The quantitative estimate of drug-likeness (QED) is 0.784. The lowest BCUT2D eigenvalue weighted by molar-refractivity contribution is -0.219. The molecule has 3 amide bonds. The van der Waals surface area contributed by atoms with Gasteiger partial charge in [0.05, 0.1) is 24.7 Å². The number of carbonyl (C=O) groups is 2. The molecule has 8 nitrogen and oxygen atoms in total. The SMILES string of the molecule is CC1(C)NC(=O)N(c2cnc(Oc3ccc4c(c3)[C@@H](C(F)(F)F)OC4)nc2)C1=O. The molecule has 1 aromatic heterocycles.